The molecular formula is C19H24F5N2O7S+. The lowest BCUT2D eigenvalue weighted by Gasteiger charge is -2.32. The van der Waals surface area contributed by atoms with Crippen LogP contribution in [0.2, 0.25) is 0 Å². The third-order valence-corrected chi connectivity index (χ3v) is 6.52. The van der Waals surface area contributed by atoms with Gasteiger partial charge in [0.05, 0.1) is 39.2 Å². The molecule has 1 aliphatic rings. The number of amides is 3. The molecule has 1 saturated heterocycles. The van der Waals surface area contributed by atoms with Crippen LogP contribution in [-0.2, 0) is 25.6 Å². The summed E-state index contributed by atoms with van der Waals surface area (Å²) in [5, 5.41) is 0. The number of carbonyl (C=O) groups excluding carboxylic acids is 2. The molecule has 2 rings (SSSR count). The van der Waals surface area contributed by atoms with Crippen molar-refractivity contribution in [3.8, 4) is 11.5 Å². The van der Waals surface area contributed by atoms with E-state index in [0.717, 1.165) is 0 Å². The highest BCUT2D eigenvalue weighted by atomic mass is 32.2. The van der Waals surface area contributed by atoms with Crippen molar-refractivity contribution in [2.45, 2.75) is 44.0 Å². The molecule has 15 heteroatoms. The van der Waals surface area contributed by atoms with Gasteiger partial charge in [-0.25, -0.2) is 18.4 Å². The number of urea groups is 1. The van der Waals surface area contributed by atoms with Gasteiger partial charge in [0.15, 0.2) is 6.10 Å². The van der Waals surface area contributed by atoms with Gasteiger partial charge in [-0.2, -0.15) is 26.1 Å². The first kappa shape index (κ1) is 27.7. The topological polar surface area (TPSA) is 122 Å². The van der Waals surface area contributed by atoms with E-state index in [9.17, 15) is 40.0 Å². The zero-order valence-corrected chi connectivity index (χ0v) is 19.0. The molecule has 1 fully saturated rings. The molecule has 9 nitrogen and oxygen atoms in total. The first-order valence-electron chi connectivity index (χ1n) is 9.82. The lowest BCUT2D eigenvalue weighted by molar-refractivity contribution is -0.788. The second-order valence-electron chi connectivity index (χ2n) is 7.73. The van der Waals surface area contributed by atoms with Crippen molar-refractivity contribution in [3.63, 3.8) is 0 Å². The minimum Gasteiger partial charge on any atom is -0.497 e. The molecule has 0 aromatic heterocycles. The van der Waals surface area contributed by atoms with Gasteiger partial charge in [0.2, 0.25) is 0 Å². The van der Waals surface area contributed by atoms with E-state index in [1.807, 2.05) is 0 Å². The molecule has 0 saturated carbocycles. The van der Waals surface area contributed by atoms with Gasteiger partial charge in [-0.05, 0) is 12.1 Å². The van der Waals surface area contributed by atoms with Crippen LogP contribution in [0.3, 0.4) is 0 Å². The second-order valence-corrected chi connectivity index (χ2v) is 9.44. The fraction of sp³-hybridized carbons (Fsp3) is 0.579. The van der Waals surface area contributed by atoms with Crippen molar-refractivity contribution in [3.05, 3.63) is 23.8 Å². The summed E-state index contributed by atoms with van der Waals surface area (Å²) >= 11 is 0. The standard InChI is InChI=1S/C19H23F5N2O7S/c1-31-13-4-3-12(14(9-13)32-2)11-26(17(25)28)7-5-18(20,21)10-15(16(26)27)33-34(29,30)8-6-19(22,23)24/h3-4,9,15H,5-8,10-11H2,1-2H3,(H-,25,28)/p+1. The van der Waals surface area contributed by atoms with Crippen LogP contribution < -0.4 is 15.2 Å². The first-order valence-corrected chi connectivity index (χ1v) is 11.4. The number of quaternary nitrogens is 1. The number of nitrogens with two attached hydrogens (primary N) is 1. The minimum absolute atomic E-state index is 0.122. The smallest absolute Gasteiger partial charge is 0.421 e. The average Bonchev–Trinajstić information content (AvgIpc) is 2.82. The monoisotopic (exact) mass is 519 g/mol. The molecule has 0 radical (unpaired) electrons. The Morgan fingerprint density at radius 2 is 1.88 bits per heavy atom. The van der Waals surface area contributed by atoms with Crippen molar-refractivity contribution >= 4 is 22.1 Å². The molecule has 1 aliphatic heterocycles. The zero-order valence-electron chi connectivity index (χ0n) is 18.2. The van der Waals surface area contributed by atoms with Crippen LogP contribution >= 0.6 is 0 Å². The maximum atomic E-state index is 14.4. The number of alkyl halides is 5. The predicted octanol–water partition coefficient (Wildman–Crippen LogP) is 2.72. The Labute approximate surface area is 192 Å². The van der Waals surface area contributed by atoms with Crippen LogP contribution in [0.4, 0.5) is 26.7 Å². The Morgan fingerprint density at radius 3 is 2.41 bits per heavy atom. The Balaban J connectivity index is 2.48. The fourth-order valence-corrected chi connectivity index (χ4v) is 4.55. The molecule has 0 spiro atoms. The Bertz CT molecular complexity index is 1030. The van der Waals surface area contributed by atoms with Crippen LogP contribution in [0.15, 0.2) is 18.2 Å². The van der Waals surface area contributed by atoms with E-state index in [2.05, 4.69) is 4.18 Å². The van der Waals surface area contributed by atoms with E-state index in [-0.39, 0.29) is 11.3 Å². The van der Waals surface area contributed by atoms with Crippen molar-refractivity contribution in [2.75, 3.05) is 26.5 Å². The quantitative estimate of drug-likeness (QED) is 0.318. The number of rotatable bonds is 8. The van der Waals surface area contributed by atoms with Gasteiger partial charge in [0.1, 0.15) is 24.6 Å². The fourth-order valence-electron chi connectivity index (χ4n) is 3.47. The predicted molar refractivity (Wildman–Crippen MR) is 106 cm³/mol. The number of ether oxygens (including phenoxy) is 2. The highest BCUT2D eigenvalue weighted by Crippen LogP contribution is 2.37. The average molecular weight is 519 g/mol. The lowest BCUT2D eigenvalue weighted by atomic mass is 10.1. The van der Waals surface area contributed by atoms with E-state index >= 15 is 0 Å². The van der Waals surface area contributed by atoms with Crippen LogP contribution in [0, 0.1) is 0 Å². The molecule has 0 bridgehead atoms. The molecule has 1 aromatic carbocycles. The number of imide groups is 1. The number of hydrogen-bond donors (Lipinski definition) is 1. The SMILES string of the molecule is COc1ccc(C[N+]2(C(N)=O)CCC(F)(F)CC(OS(=O)(=O)CCC(F)(F)F)C2=O)c(OC)c1. The molecule has 1 aromatic rings. The summed E-state index contributed by atoms with van der Waals surface area (Å²) in [6.45, 7) is -1.40. The van der Waals surface area contributed by atoms with Gasteiger partial charge < -0.3 is 15.2 Å². The first-order chi connectivity index (χ1) is 15.5. The van der Waals surface area contributed by atoms with E-state index < -0.39 is 82.8 Å². The van der Waals surface area contributed by atoms with Gasteiger partial charge in [0, 0.05) is 11.6 Å². The molecule has 0 aliphatic carbocycles. The van der Waals surface area contributed by atoms with Crippen molar-refractivity contribution < 1.29 is 58.1 Å². The van der Waals surface area contributed by atoms with Crippen molar-refractivity contribution in [1.82, 2.24) is 0 Å². The van der Waals surface area contributed by atoms with Gasteiger partial charge in [-0.15, -0.1) is 0 Å². The van der Waals surface area contributed by atoms with Crippen molar-refractivity contribution in [1.29, 1.82) is 0 Å². The summed E-state index contributed by atoms with van der Waals surface area (Å²) in [7, 11) is -2.42. The maximum absolute atomic E-state index is 14.4. The number of carbonyl (C=O) groups is 2. The summed E-state index contributed by atoms with van der Waals surface area (Å²) < 4.78 is 104. The van der Waals surface area contributed by atoms with Crippen LogP contribution in [0.25, 0.3) is 0 Å². The van der Waals surface area contributed by atoms with Gasteiger partial charge in [-0.1, -0.05) is 0 Å². The summed E-state index contributed by atoms with van der Waals surface area (Å²) in [5.74, 6) is -6.21. The van der Waals surface area contributed by atoms with Gasteiger partial charge in [-0.3, -0.25) is 4.18 Å². The number of hydrogen-bond acceptors (Lipinski definition) is 7. The third-order valence-electron chi connectivity index (χ3n) is 5.30. The third kappa shape index (κ3) is 6.76. The van der Waals surface area contributed by atoms with E-state index in [4.69, 9.17) is 15.2 Å². The Hall–Kier alpha value is -2.52. The van der Waals surface area contributed by atoms with Gasteiger partial charge >= 0.3 is 18.1 Å². The van der Waals surface area contributed by atoms with Crippen LogP contribution in [-0.4, -0.2) is 69.6 Å². The molecule has 2 unspecified atom stereocenters. The van der Waals surface area contributed by atoms with Crippen molar-refractivity contribution in [2.24, 2.45) is 5.73 Å². The molecule has 2 N–H and O–H groups in total. The number of primary amides is 1. The van der Waals surface area contributed by atoms with E-state index in [1.54, 1.807) is 0 Å². The second kappa shape index (κ2) is 10.00. The highest BCUT2D eigenvalue weighted by molar-refractivity contribution is 7.86. The molecule has 34 heavy (non-hydrogen) atoms. The molecule has 3 amide bonds. The van der Waals surface area contributed by atoms with E-state index in [1.165, 1.54) is 32.4 Å². The number of halogens is 5. The maximum Gasteiger partial charge on any atom is 0.421 e. The molecular weight excluding hydrogens is 495 g/mol. The number of likely N-dealkylation sites (tertiary alicyclic amines) is 1. The summed E-state index contributed by atoms with van der Waals surface area (Å²) in [6.07, 6.45) is -11.6. The zero-order chi connectivity index (χ0) is 25.9. The molecule has 2 atom stereocenters. The number of methoxy groups -OCH3 is 2. The summed E-state index contributed by atoms with van der Waals surface area (Å²) in [4.78, 5) is 25.7. The highest BCUT2D eigenvalue weighted by Gasteiger charge is 2.56. The van der Waals surface area contributed by atoms with Gasteiger partial charge in [0.25, 0.3) is 16.0 Å². The molecule has 1 heterocycles. The summed E-state index contributed by atoms with van der Waals surface area (Å²) in [5.41, 5.74) is 5.62. The Morgan fingerprint density at radius 1 is 1.24 bits per heavy atom. The van der Waals surface area contributed by atoms with Crippen LogP contribution in [0.1, 0.15) is 24.8 Å². The van der Waals surface area contributed by atoms with Crippen LogP contribution in [0.5, 0.6) is 11.5 Å². The Kier molecular flexibility index (Phi) is 8.15. The van der Waals surface area contributed by atoms with E-state index in [0.29, 0.717) is 5.75 Å². The minimum atomic E-state index is -5.06. The summed E-state index contributed by atoms with van der Waals surface area (Å²) in [6, 6.07) is 2.87. The lowest BCUT2D eigenvalue weighted by Crippen LogP contribution is -2.62. The number of nitrogens with zero attached hydrogens (tertiary/aromatic N) is 1. The number of benzene rings is 1. The largest absolute Gasteiger partial charge is 0.497 e. The normalized spacial score (nSPS) is 23.3. The molecule has 192 valence electrons.